The molecule has 0 aliphatic carbocycles. The highest BCUT2D eigenvalue weighted by atomic mass is 35.5. The van der Waals surface area contributed by atoms with E-state index in [0.29, 0.717) is 0 Å². The SMILES string of the molecule is O=c1[nH]cnc2c1ncn2[C@@H]1O[C@@H]2COP(=O)(O)OC3C(O)[C@@H](COP(=O)(O)OC2C1F)O[C@H]3n1c(Cl)nc2cc(Cl)c(Cl)cc21. The largest absolute Gasteiger partial charge is 0.472 e. The van der Waals surface area contributed by atoms with Gasteiger partial charge in [-0.25, -0.2) is 28.5 Å². The molecule has 248 valence electrons. The van der Waals surface area contributed by atoms with Gasteiger partial charge in [-0.15, -0.1) is 0 Å². The van der Waals surface area contributed by atoms with Crippen molar-refractivity contribution in [3.8, 4) is 0 Å². The standard InChI is InChI=1S/C22H20Cl3FN6O12P2/c23-7-1-9-10(2-8(7)24)32(22(25)30-9)21-17-15(33)11(41-21)3-39-45(35,36)43-16-12(4-40-46(37,38)44-17)42-20(13(16)26)31-6-29-14-18(31)27-5-28-19(14)34/h1-2,5-6,11-13,15-17,20-21,33H,3-4H2,(H,35,36)(H,37,38)(H,27,28,34)/t11-,12-,13?,15?,16?,17?,20-,21-/m1/s1. The van der Waals surface area contributed by atoms with Gasteiger partial charge in [0.25, 0.3) is 5.56 Å². The summed E-state index contributed by atoms with van der Waals surface area (Å²) in [7, 11) is -10.3. The third-order valence-electron chi connectivity index (χ3n) is 7.48. The number of imidazole rings is 2. The van der Waals surface area contributed by atoms with Crippen molar-refractivity contribution in [3.05, 3.63) is 50.5 Å². The number of aromatic amines is 1. The molecule has 3 aromatic heterocycles. The van der Waals surface area contributed by atoms with Crippen LogP contribution < -0.4 is 5.56 Å². The molecule has 3 saturated heterocycles. The quantitative estimate of drug-likeness (QED) is 0.216. The van der Waals surface area contributed by atoms with Gasteiger partial charge in [0.05, 0.1) is 46.9 Å². The van der Waals surface area contributed by atoms with Crippen molar-refractivity contribution in [3.63, 3.8) is 0 Å². The molecule has 2 bridgehead atoms. The summed E-state index contributed by atoms with van der Waals surface area (Å²) in [6, 6.07) is 2.79. The summed E-state index contributed by atoms with van der Waals surface area (Å²) in [6.45, 7) is -1.78. The van der Waals surface area contributed by atoms with Gasteiger partial charge in [-0.05, 0) is 23.7 Å². The average molecular weight is 748 g/mol. The number of aliphatic hydroxyl groups excluding tert-OH is 1. The van der Waals surface area contributed by atoms with Crippen LogP contribution in [0.25, 0.3) is 22.2 Å². The summed E-state index contributed by atoms with van der Waals surface area (Å²) in [4.78, 5) is 47.7. The van der Waals surface area contributed by atoms with Gasteiger partial charge < -0.3 is 29.4 Å². The minimum Gasteiger partial charge on any atom is -0.387 e. The number of hydrogen-bond acceptors (Lipinski definition) is 13. The van der Waals surface area contributed by atoms with Crippen molar-refractivity contribution < 1.29 is 56.0 Å². The minimum atomic E-state index is -5.17. The van der Waals surface area contributed by atoms with E-state index in [2.05, 4.69) is 19.9 Å². The molecule has 4 N–H and O–H groups in total. The van der Waals surface area contributed by atoms with E-state index in [-0.39, 0.29) is 37.5 Å². The Labute approximate surface area is 270 Å². The second kappa shape index (κ2) is 11.8. The van der Waals surface area contributed by atoms with Crippen LogP contribution in [-0.2, 0) is 36.7 Å². The van der Waals surface area contributed by atoms with Crippen molar-refractivity contribution in [2.24, 2.45) is 0 Å². The molecule has 18 nitrogen and oxygen atoms in total. The first-order chi connectivity index (χ1) is 21.7. The van der Waals surface area contributed by atoms with Gasteiger partial charge in [0.2, 0.25) is 5.28 Å². The van der Waals surface area contributed by atoms with Crippen LogP contribution in [0.2, 0.25) is 15.3 Å². The van der Waals surface area contributed by atoms with Crippen LogP contribution in [0.1, 0.15) is 12.5 Å². The van der Waals surface area contributed by atoms with Crippen LogP contribution in [0, 0.1) is 0 Å². The van der Waals surface area contributed by atoms with Gasteiger partial charge >= 0.3 is 15.6 Å². The summed E-state index contributed by atoms with van der Waals surface area (Å²) >= 11 is 18.6. The molecular formula is C22H20Cl3FN6O12P2. The summed E-state index contributed by atoms with van der Waals surface area (Å²) < 4.78 is 76.6. The number of rotatable bonds is 2. The number of alkyl halides is 1. The highest BCUT2D eigenvalue weighted by molar-refractivity contribution is 7.47. The third-order valence-corrected chi connectivity index (χ3v) is 10.4. The lowest BCUT2D eigenvalue weighted by Crippen LogP contribution is -2.35. The predicted molar refractivity (Wildman–Crippen MR) is 153 cm³/mol. The van der Waals surface area contributed by atoms with Gasteiger partial charge in [-0.1, -0.05) is 23.2 Å². The summed E-state index contributed by atoms with van der Waals surface area (Å²) in [6.07, 6.45) is -11.8. The van der Waals surface area contributed by atoms with Crippen LogP contribution in [0.5, 0.6) is 0 Å². The molecule has 0 amide bonds. The molecule has 10 atom stereocenters. The van der Waals surface area contributed by atoms with Crippen LogP contribution in [0.3, 0.4) is 0 Å². The second-order valence-electron chi connectivity index (χ2n) is 10.3. The van der Waals surface area contributed by atoms with Crippen LogP contribution in [-0.4, -0.2) is 93.9 Å². The topological polar surface area (TPSA) is 232 Å². The van der Waals surface area contributed by atoms with Gasteiger partial charge in [-0.3, -0.25) is 32.0 Å². The van der Waals surface area contributed by atoms with Gasteiger partial charge in [-0.2, -0.15) is 0 Å². The molecule has 7 rings (SSSR count). The van der Waals surface area contributed by atoms with Crippen molar-refractivity contribution in [2.45, 2.75) is 49.1 Å². The maximum absolute atomic E-state index is 15.9. The molecule has 24 heteroatoms. The summed E-state index contributed by atoms with van der Waals surface area (Å²) in [5.41, 5.74) is -0.397. The highest BCUT2D eigenvalue weighted by Gasteiger charge is 2.54. The van der Waals surface area contributed by atoms with Crippen LogP contribution in [0.15, 0.2) is 29.6 Å². The lowest BCUT2D eigenvalue weighted by Gasteiger charge is -2.26. The number of nitrogens with zero attached hydrogens (tertiary/aromatic N) is 5. The molecule has 0 spiro atoms. The van der Waals surface area contributed by atoms with E-state index >= 15 is 4.39 Å². The fraction of sp³-hybridized carbons (Fsp3) is 0.455. The molecule has 0 radical (unpaired) electrons. The van der Waals surface area contributed by atoms with E-state index < -0.39 is 83.6 Å². The maximum Gasteiger partial charge on any atom is 0.472 e. The maximum atomic E-state index is 15.9. The van der Waals surface area contributed by atoms with Crippen molar-refractivity contribution in [1.82, 2.24) is 29.1 Å². The Bertz CT molecular complexity index is 2000. The molecule has 46 heavy (non-hydrogen) atoms. The van der Waals surface area contributed by atoms with Crippen molar-refractivity contribution >= 4 is 72.6 Å². The number of benzene rings is 1. The van der Waals surface area contributed by atoms with E-state index in [1.807, 2.05) is 0 Å². The van der Waals surface area contributed by atoms with E-state index in [4.69, 9.17) is 62.4 Å². The zero-order valence-corrected chi connectivity index (χ0v) is 26.6. The Kier molecular flexibility index (Phi) is 8.35. The van der Waals surface area contributed by atoms with Gasteiger partial charge in [0.1, 0.15) is 30.5 Å². The number of phosphoric ester groups is 2. The number of halogens is 4. The van der Waals surface area contributed by atoms with E-state index in [9.17, 15) is 28.8 Å². The number of aliphatic hydroxyl groups is 1. The van der Waals surface area contributed by atoms with Crippen LogP contribution >= 0.6 is 50.4 Å². The Hall–Kier alpha value is -2.06. The Morgan fingerprint density at radius 1 is 0.957 bits per heavy atom. The van der Waals surface area contributed by atoms with Crippen molar-refractivity contribution in [2.75, 3.05) is 13.2 Å². The molecule has 3 aliphatic heterocycles. The third kappa shape index (κ3) is 5.71. The van der Waals surface area contributed by atoms with E-state index in [1.54, 1.807) is 0 Å². The normalized spacial score (nSPS) is 37.2. The molecule has 6 unspecified atom stereocenters. The molecule has 6 heterocycles. The number of nitrogens with one attached hydrogen (secondary N) is 1. The summed E-state index contributed by atoms with van der Waals surface area (Å²) in [5, 5.41) is 11.1. The lowest BCUT2D eigenvalue weighted by molar-refractivity contribution is -0.0669. The zero-order chi connectivity index (χ0) is 32.7. The molecule has 3 fully saturated rings. The van der Waals surface area contributed by atoms with E-state index in [0.717, 1.165) is 17.2 Å². The Balaban J connectivity index is 1.22. The molecule has 1 aromatic carbocycles. The number of aromatic nitrogens is 6. The number of ether oxygens (including phenoxy) is 2. The Morgan fingerprint density at radius 3 is 2.35 bits per heavy atom. The summed E-state index contributed by atoms with van der Waals surface area (Å²) in [5.74, 6) is 0. The minimum absolute atomic E-state index is 0.0892. The molecular weight excluding hydrogens is 728 g/mol. The van der Waals surface area contributed by atoms with Crippen LogP contribution in [0.4, 0.5) is 4.39 Å². The van der Waals surface area contributed by atoms with E-state index in [1.165, 1.54) is 16.7 Å². The number of H-pyrrole nitrogens is 1. The lowest BCUT2D eigenvalue weighted by atomic mass is 10.1. The van der Waals surface area contributed by atoms with Gasteiger partial charge in [0, 0.05) is 0 Å². The number of fused-ring (bicyclic) bond motifs is 5. The molecule has 4 aromatic rings. The first-order valence-electron chi connectivity index (χ1n) is 13.1. The predicted octanol–water partition coefficient (Wildman–Crippen LogP) is 2.64. The number of phosphoric acid groups is 2. The fourth-order valence-corrected chi connectivity index (χ4v) is 7.89. The molecule has 0 saturated carbocycles. The highest BCUT2D eigenvalue weighted by Crippen LogP contribution is 2.54. The fourth-order valence-electron chi connectivity index (χ4n) is 5.41. The smallest absolute Gasteiger partial charge is 0.387 e. The average Bonchev–Trinajstić information content (AvgIpc) is 3.71. The Morgan fingerprint density at radius 2 is 1.61 bits per heavy atom. The first kappa shape index (κ1) is 32.5. The monoisotopic (exact) mass is 746 g/mol. The number of hydrogen-bond donors (Lipinski definition) is 4. The second-order valence-corrected chi connectivity index (χ2v) is 14.3. The first-order valence-corrected chi connectivity index (χ1v) is 17.2. The van der Waals surface area contributed by atoms with Gasteiger partial charge in [0.15, 0.2) is 29.8 Å². The molecule has 3 aliphatic rings. The van der Waals surface area contributed by atoms with Crippen molar-refractivity contribution in [1.29, 1.82) is 0 Å². The zero-order valence-electron chi connectivity index (χ0n) is 22.5.